The van der Waals surface area contributed by atoms with Gasteiger partial charge in [0, 0.05) is 18.1 Å². The number of rotatable bonds is 0. The molecule has 1 nitrogen and oxygen atoms in total. The smallest absolute Gasteiger partial charge is 0.0454 e. The van der Waals surface area contributed by atoms with Gasteiger partial charge in [-0.05, 0) is 17.2 Å². The van der Waals surface area contributed by atoms with Gasteiger partial charge in [0.2, 0.25) is 0 Å². The van der Waals surface area contributed by atoms with Crippen LogP contribution >= 0.6 is 11.6 Å². The van der Waals surface area contributed by atoms with E-state index in [9.17, 15) is 0 Å². The van der Waals surface area contributed by atoms with Crippen molar-refractivity contribution in [2.24, 2.45) is 0 Å². The quantitative estimate of drug-likeness (QED) is 0.540. The fraction of sp³-hybridized carbons (Fsp3) is 0.250. The maximum absolute atomic E-state index is 5.91. The lowest BCUT2D eigenvalue weighted by Gasteiger charge is -1.97. The molecule has 0 saturated heterocycles. The minimum atomic E-state index is 0.801. The lowest BCUT2D eigenvalue weighted by Crippen LogP contribution is -1.89. The van der Waals surface area contributed by atoms with Crippen LogP contribution in [0.2, 0.25) is 5.02 Å². The Morgan fingerprint density at radius 3 is 3.00 bits per heavy atom. The molecular formula is C8H7ClN. The SMILES string of the molecule is Clc1cccc2c1C[N]C2. The molecule has 10 heavy (non-hydrogen) atoms. The molecule has 1 aromatic rings. The first-order chi connectivity index (χ1) is 4.88. The van der Waals surface area contributed by atoms with Crippen molar-refractivity contribution in [3.63, 3.8) is 0 Å². The molecule has 0 aliphatic carbocycles. The first-order valence-electron chi connectivity index (χ1n) is 3.27. The van der Waals surface area contributed by atoms with E-state index in [0.717, 1.165) is 18.1 Å². The third-order valence-electron chi connectivity index (χ3n) is 1.77. The summed E-state index contributed by atoms with van der Waals surface area (Å²) in [5, 5.41) is 5.09. The molecule has 0 spiro atoms. The number of nitrogens with zero attached hydrogens (tertiary/aromatic N) is 1. The monoisotopic (exact) mass is 152 g/mol. The lowest BCUT2D eigenvalue weighted by atomic mass is 10.1. The van der Waals surface area contributed by atoms with E-state index >= 15 is 0 Å². The number of benzene rings is 1. The molecule has 0 aromatic heterocycles. The molecule has 0 fully saturated rings. The maximum atomic E-state index is 5.91. The van der Waals surface area contributed by atoms with E-state index in [1.54, 1.807) is 0 Å². The van der Waals surface area contributed by atoms with Gasteiger partial charge in [-0.1, -0.05) is 23.7 Å². The number of halogens is 1. The number of hydrogen-bond acceptors (Lipinski definition) is 0. The Hall–Kier alpha value is -0.530. The first-order valence-corrected chi connectivity index (χ1v) is 3.65. The van der Waals surface area contributed by atoms with Gasteiger partial charge in [-0.3, -0.25) is 0 Å². The largest absolute Gasteiger partial charge is 0.232 e. The van der Waals surface area contributed by atoms with E-state index < -0.39 is 0 Å². The first kappa shape index (κ1) is 6.20. The standard InChI is InChI=1S/C8H7ClN/c9-8-3-1-2-6-4-10-5-7(6)8/h1-3H,4-5H2. The Bertz CT molecular complexity index is 257. The van der Waals surface area contributed by atoms with E-state index in [-0.39, 0.29) is 0 Å². The highest BCUT2D eigenvalue weighted by Gasteiger charge is 2.12. The molecule has 0 amide bonds. The Morgan fingerprint density at radius 1 is 1.30 bits per heavy atom. The third-order valence-corrected chi connectivity index (χ3v) is 2.12. The van der Waals surface area contributed by atoms with Crippen LogP contribution in [0.3, 0.4) is 0 Å². The topological polar surface area (TPSA) is 14.1 Å². The van der Waals surface area contributed by atoms with Gasteiger partial charge in [-0.25, -0.2) is 5.32 Å². The third kappa shape index (κ3) is 0.825. The summed E-state index contributed by atoms with van der Waals surface area (Å²) in [7, 11) is 0. The zero-order valence-electron chi connectivity index (χ0n) is 5.47. The van der Waals surface area contributed by atoms with Gasteiger partial charge >= 0.3 is 0 Å². The Kier molecular flexibility index (Phi) is 1.40. The molecular weight excluding hydrogens is 146 g/mol. The van der Waals surface area contributed by atoms with Crippen LogP contribution in [0.15, 0.2) is 18.2 Å². The average molecular weight is 153 g/mol. The molecule has 1 radical (unpaired) electrons. The molecule has 0 bridgehead atoms. The zero-order chi connectivity index (χ0) is 6.97. The Labute approximate surface area is 65.0 Å². The second-order valence-corrected chi connectivity index (χ2v) is 2.82. The van der Waals surface area contributed by atoms with Crippen LogP contribution in [0.5, 0.6) is 0 Å². The molecule has 2 rings (SSSR count). The van der Waals surface area contributed by atoms with Crippen LogP contribution in [0.25, 0.3) is 0 Å². The highest BCUT2D eigenvalue weighted by atomic mass is 35.5. The molecule has 0 N–H and O–H groups in total. The summed E-state index contributed by atoms with van der Waals surface area (Å²) < 4.78 is 0. The summed E-state index contributed by atoms with van der Waals surface area (Å²) >= 11 is 5.91. The molecule has 0 atom stereocenters. The van der Waals surface area contributed by atoms with Crippen molar-refractivity contribution >= 4 is 11.6 Å². The summed E-state index contributed by atoms with van der Waals surface area (Å²) in [6.45, 7) is 1.64. The van der Waals surface area contributed by atoms with Crippen LogP contribution in [0.1, 0.15) is 11.1 Å². The van der Waals surface area contributed by atoms with Gasteiger partial charge < -0.3 is 0 Å². The van der Waals surface area contributed by atoms with Gasteiger partial charge in [-0.2, -0.15) is 0 Å². The molecule has 1 aliphatic heterocycles. The predicted octanol–water partition coefficient (Wildman–Crippen LogP) is 1.96. The van der Waals surface area contributed by atoms with Crippen LogP contribution < -0.4 is 5.32 Å². The minimum Gasteiger partial charge on any atom is -0.232 e. The number of hydrogen-bond donors (Lipinski definition) is 0. The number of fused-ring (bicyclic) bond motifs is 1. The molecule has 1 aromatic carbocycles. The van der Waals surface area contributed by atoms with Crippen LogP contribution in [-0.2, 0) is 13.1 Å². The highest BCUT2D eigenvalue weighted by molar-refractivity contribution is 6.31. The van der Waals surface area contributed by atoms with Crippen molar-refractivity contribution < 1.29 is 0 Å². The zero-order valence-corrected chi connectivity index (χ0v) is 6.23. The van der Waals surface area contributed by atoms with E-state index in [0.29, 0.717) is 0 Å². The van der Waals surface area contributed by atoms with Crippen molar-refractivity contribution in [1.82, 2.24) is 5.32 Å². The Morgan fingerprint density at radius 2 is 2.20 bits per heavy atom. The summed E-state index contributed by atoms with van der Waals surface area (Å²) in [5.74, 6) is 0. The second kappa shape index (κ2) is 2.26. The van der Waals surface area contributed by atoms with Crippen LogP contribution in [-0.4, -0.2) is 0 Å². The van der Waals surface area contributed by atoms with Gasteiger partial charge in [0.25, 0.3) is 0 Å². The van der Waals surface area contributed by atoms with Crippen LogP contribution in [0, 0.1) is 0 Å². The molecule has 1 aliphatic rings. The second-order valence-electron chi connectivity index (χ2n) is 2.42. The van der Waals surface area contributed by atoms with E-state index in [1.165, 1.54) is 11.1 Å². The normalized spacial score (nSPS) is 15.3. The molecule has 0 saturated carbocycles. The van der Waals surface area contributed by atoms with Crippen molar-refractivity contribution in [3.05, 3.63) is 34.3 Å². The van der Waals surface area contributed by atoms with Crippen molar-refractivity contribution in [2.45, 2.75) is 13.1 Å². The maximum Gasteiger partial charge on any atom is 0.0454 e. The highest BCUT2D eigenvalue weighted by Crippen LogP contribution is 2.24. The minimum absolute atomic E-state index is 0.801. The van der Waals surface area contributed by atoms with Gasteiger partial charge in [0.05, 0.1) is 0 Å². The van der Waals surface area contributed by atoms with E-state index in [1.807, 2.05) is 12.1 Å². The van der Waals surface area contributed by atoms with E-state index in [4.69, 9.17) is 11.6 Å². The molecule has 1 heterocycles. The fourth-order valence-electron chi connectivity index (χ4n) is 1.22. The summed E-state index contributed by atoms with van der Waals surface area (Å²) in [6.07, 6.45) is 0. The summed E-state index contributed by atoms with van der Waals surface area (Å²) in [4.78, 5) is 0. The lowest BCUT2D eigenvalue weighted by molar-refractivity contribution is 0.746. The van der Waals surface area contributed by atoms with Gasteiger partial charge in [0.15, 0.2) is 0 Å². The predicted molar refractivity (Wildman–Crippen MR) is 41.0 cm³/mol. The molecule has 0 unspecified atom stereocenters. The van der Waals surface area contributed by atoms with Gasteiger partial charge in [-0.15, -0.1) is 0 Å². The fourth-order valence-corrected chi connectivity index (χ4v) is 1.47. The van der Waals surface area contributed by atoms with Crippen molar-refractivity contribution in [3.8, 4) is 0 Å². The van der Waals surface area contributed by atoms with Crippen molar-refractivity contribution in [1.29, 1.82) is 0 Å². The van der Waals surface area contributed by atoms with E-state index in [2.05, 4.69) is 11.4 Å². The molecule has 2 heteroatoms. The summed E-state index contributed by atoms with van der Waals surface area (Å²) in [5.41, 5.74) is 2.50. The van der Waals surface area contributed by atoms with Gasteiger partial charge in [0.1, 0.15) is 0 Å². The average Bonchev–Trinajstić information content (AvgIpc) is 2.36. The Balaban J connectivity index is 2.59. The molecule has 51 valence electrons. The summed E-state index contributed by atoms with van der Waals surface area (Å²) in [6, 6.07) is 5.97. The van der Waals surface area contributed by atoms with Crippen LogP contribution in [0.4, 0.5) is 0 Å². The van der Waals surface area contributed by atoms with Crippen molar-refractivity contribution in [2.75, 3.05) is 0 Å².